The highest BCUT2D eigenvalue weighted by Gasteiger charge is 0.846. The van der Waals surface area contributed by atoms with Crippen LogP contribution in [0.1, 0.15) is 0 Å². The first-order valence-corrected chi connectivity index (χ1v) is 3.46. The fourth-order valence-electron chi connectivity index (χ4n) is 0. The van der Waals surface area contributed by atoms with E-state index >= 15 is 0 Å². The van der Waals surface area contributed by atoms with Crippen molar-refractivity contribution in [3.8, 4) is 0 Å². The van der Waals surface area contributed by atoms with Crippen molar-refractivity contribution in [2.75, 3.05) is 42.3 Å². The molecular weight excluding hydrogens is 175 g/mol. The molecule has 0 aliphatic heterocycles. The number of halogens is 1. The summed E-state index contributed by atoms with van der Waals surface area (Å²) in [4.78, 5) is 0. The highest BCUT2D eigenvalue weighted by Crippen LogP contribution is 0.479. The molecule has 0 rings (SSSR count). The zero-order valence-corrected chi connectivity index (χ0v) is 9.87. The van der Waals surface area contributed by atoms with E-state index in [0.29, 0.717) is 0 Å². The molecule has 0 aromatic carbocycles. The first-order chi connectivity index (χ1) is 6.00. The molecule has 0 bridgehead atoms. The molecule has 0 saturated heterocycles. The Morgan fingerprint density at radius 1 is 0.308 bits per heavy atom. The van der Waals surface area contributed by atoms with E-state index in [1.165, 1.54) is 42.3 Å². The summed E-state index contributed by atoms with van der Waals surface area (Å²) in [6.07, 6.45) is 0. The van der Waals surface area contributed by atoms with Crippen molar-refractivity contribution in [1.29, 1.82) is 0 Å². The van der Waals surface area contributed by atoms with Gasteiger partial charge in [0.05, 0.1) is 0 Å². The maximum Gasteiger partial charge on any atom is -0.0195 e. The third-order valence-electron chi connectivity index (χ3n) is 0. The Kier molecular flexibility index (Phi) is 57300. The van der Waals surface area contributed by atoms with Crippen LogP contribution in [-0.4, -0.2) is 42.3 Å². The molecule has 7 heteroatoms. The molecule has 0 aliphatic rings. The average molecular weight is 206 g/mol. The monoisotopic (exact) mass is 206 g/mol. The molecule has 0 aromatic heterocycles. The Bertz CT molecular complexity index is 17.1. The van der Waals surface area contributed by atoms with Gasteiger partial charge in [0, 0.05) is 0 Å². The first-order valence-electron chi connectivity index (χ1n) is 3.46. The van der Waals surface area contributed by atoms with Gasteiger partial charge in [0.25, 0.3) is 0 Å². The van der Waals surface area contributed by atoms with Gasteiger partial charge in [-0.25, -0.2) is 0 Å². The SMILES string of the molecule is CN.CN.CN.CN.CN.CN.F. The Morgan fingerprint density at radius 3 is 0.308 bits per heavy atom. The lowest BCUT2D eigenvalue weighted by Crippen LogP contribution is -1.69. The smallest absolute Gasteiger partial charge is 0.0195 e. The molecule has 0 aliphatic carbocycles. The highest BCUT2D eigenvalue weighted by molar-refractivity contribution is 3.55. The minimum absolute atomic E-state index is 0. The molecule has 0 saturated carbocycles. The molecule has 0 heterocycles. The van der Waals surface area contributed by atoms with Gasteiger partial charge in [-0.1, -0.05) is 0 Å². The van der Waals surface area contributed by atoms with Crippen LogP contribution in [-0.2, 0) is 0 Å². The lowest BCUT2D eigenvalue weighted by Gasteiger charge is -1.19. The standard InChI is InChI=1S/6CH5N.FH/c6*1-2;/h6*2H2,1H3;1H. The summed E-state index contributed by atoms with van der Waals surface area (Å²) in [5.41, 5.74) is 27.0. The summed E-state index contributed by atoms with van der Waals surface area (Å²) >= 11 is 0. The van der Waals surface area contributed by atoms with Gasteiger partial charge in [-0.05, 0) is 42.3 Å². The molecule has 13 heavy (non-hydrogen) atoms. The second-order valence-corrected chi connectivity index (χ2v) is 0. The van der Waals surface area contributed by atoms with Crippen molar-refractivity contribution >= 4 is 0 Å². The van der Waals surface area contributed by atoms with E-state index in [1.54, 1.807) is 0 Å². The minimum atomic E-state index is 0. The molecular formula is C6H31FN6. The molecule has 0 aromatic rings. The van der Waals surface area contributed by atoms with Crippen LogP contribution in [0.2, 0.25) is 0 Å². The predicted octanol–water partition coefficient (Wildman–Crippen LogP) is -2.40. The molecule has 0 unspecified atom stereocenters. The van der Waals surface area contributed by atoms with E-state index in [9.17, 15) is 0 Å². The van der Waals surface area contributed by atoms with Gasteiger partial charge in [0.1, 0.15) is 0 Å². The van der Waals surface area contributed by atoms with Gasteiger partial charge >= 0.3 is 0 Å². The maximum absolute atomic E-state index is 4.50. The van der Waals surface area contributed by atoms with E-state index in [4.69, 9.17) is 0 Å². The van der Waals surface area contributed by atoms with Crippen LogP contribution in [0.5, 0.6) is 0 Å². The number of hydrogen-bond donors (Lipinski definition) is 6. The quantitative estimate of drug-likeness (QED) is 0.259. The van der Waals surface area contributed by atoms with Crippen molar-refractivity contribution in [2.24, 2.45) is 34.4 Å². The van der Waals surface area contributed by atoms with Crippen molar-refractivity contribution in [3.05, 3.63) is 0 Å². The predicted molar refractivity (Wildman–Crippen MR) is 63.2 cm³/mol. The molecule has 0 spiro atoms. The summed E-state index contributed by atoms with van der Waals surface area (Å²) in [6.45, 7) is 0. The zero-order valence-electron chi connectivity index (χ0n) is 9.87. The number of hydrogen-bond acceptors (Lipinski definition) is 6. The lowest BCUT2D eigenvalue weighted by molar-refractivity contribution is 1.11. The summed E-state index contributed by atoms with van der Waals surface area (Å²) < 4.78 is 0. The molecule has 12 N–H and O–H groups in total. The largest absolute Gasteiger partial charge is 0.333 e. The van der Waals surface area contributed by atoms with Crippen molar-refractivity contribution < 1.29 is 4.70 Å². The summed E-state index contributed by atoms with van der Waals surface area (Å²) in [6, 6.07) is 0. The maximum atomic E-state index is 4.50. The van der Waals surface area contributed by atoms with Crippen molar-refractivity contribution in [3.63, 3.8) is 0 Å². The second kappa shape index (κ2) is 13900. The van der Waals surface area contributed by atoms with Crippen LogP contribution in [0.15, 0.2) is 0 Å². The fraction of sp³-hybridized carbons (Fsp3) is 1.00. The van der Waals surface area contributed by atoms with E-state index in [1.807, 2.05) is 0 Å². The number of rotatable bonds is 0. The Labute approximate surface area is 82.4 Å². The van der Waals surface area contributed by atoms with Gasteiger partial charge in [0.2, 0.25) is 0 Å². The van der Waals surface area contributed by atoms with E-state index in [2.05, 4.69) is 34.4 Å². The van der Waals surface area contributed by atoms with E-state index in [-0.39, 0.29) is 4.70 Å². The third kappa shape index (κ3) is 11400. The van der Waals surface area contributed by atoms with Gasteiger partial charge in [-0.3, -0.25) is 4.70 Å². The minimum Gasteiger partial charge on any atom is -0.333 e. The second-order valence-electron chi connectivity index (χ2n) is 0. The number of nitrogens with two attached hydrogens (primary N) is 6. The molecule has 92 valence electrons. The van der Waals surface area contributed by atoms with Crippen LogP contribution in [0.25, 0.3) is 0 Å². The first kappa shape index (κ1) is 53.6. The Morgan fingerprint density at radius 2 is 0.308 bits per heavy atom. The van der Waals surface area contributed by atoms with Crippen LogP contribution >= 0.6 is 0 Å². The Balaban J connectivity index is -0.00000000655. The van der Waals surface area contributed by atoms with Crippen molar-refractivity contribution in [1.82, 2.24) is 0 Å². The van der Waals surface area contributed by atoms with Gasteiger partial charge in [-0.15, -0.1) is 0 Å². The van der Waals surface area contributed by atoms with Gasteiger partial charge in [0.15, 0.2) is 0 Å². The average Bonchev–Trinajstić information content (AvgIpc) is 2.33. The summed E-state index contributed by atoms with van der Waals surface area (Å²) in [5, 5.41) is 0. The fourth-order valence-corrected chi connectivity index (χ4v) is 0. The van der Waals surface area contributed by atoms with Crippen LogP contribution in [0.4, 0.5) is 4.70 Å². The lowest BCUT2D eigenvalue weighted by atomic mass is 11.6. The topological polar surface area (TPSA) is 156 Å². The molecule has 0 amide bonds. The van der Waals surface area contributed by atoms with Crippen LogP contribution in [0.3, 0.4) is 0 Å². The van der Waals surface area contributed by atoms with Gasteiger partial charge in [-0.2, -0.15) is 0 Å². The Hall–Kier alpha value is -0.310. The van der Waals surface area contributed by atoms with E-state index in [0.717, 1.165) is 0 Å². The normalized spacial score (nSPS) is 2.77. The van der Waals surface area contributed by atoms with Crippen LogP contribution < -0.4 is 34.4 Å². The van der Waals surface area contributed by atoms with Crippen LogP contribution in [0, 0.1) is 0 Å². The van der Waals surface area contributed by atoms with E-state index < -0.39 is 0 Å². The third-order valence-corrected chi connectivity index (χ3v) is 0. The molecule has 0 fully saturated rings. The molecule has 0 atom stereocenters. The summed E-state index contributed by atoms with van der Waals surface area (Å²) in [5.74, 6) is 0. The summed E-state index contributed by atoms with van der Waals surface area (Å²) in [7, 11) is 9.00. The molecule has 0 radical (unpaired) electrons. The van der Waals surface area contributed by atoms with Crippen molar-refractivity contribution in [2.45, 2.75) is 0 Å². The molecule has 6 nitrogen and oxygen atoms in total. The zero-order chi connectivity index (χ0) is 12.0. The highest BCUT2D eigenvalue weighted by atomic mass is 19.0. The van der Waals surface area contributed by atoms with Gasteiger partial charge < -0.3 is 34.4 Å².